The van der Waals surface area contributed by atoms with Crippen molar-refractivity contribution < 1.29 is 18.0 Å². The van der Waals surface area contributed by atoms with Crippen molar-refractivity contribution in [2.24, 2.45) is 0 Å². The predicted molar refractivity (Wildman–Crippen MR) is 76.3 cm³/mol. The Kier molecular flexibility index (Phi) is 6.19. The third-order valence-corrected chi connectivity index (χ3v) is 3.17. The molecule has 2 N–H and O–H groups in total. The maximum atomic E-state index is 12.9. The van der Waals surface area contributed by atoms with Gasteiger partial charge in [0, 0.05) is 18.8 Å². The zero-order valence-corrected chi connectivity index (χ0v) is 12.1. The van der Waals surface area contributed by atoms with Gasteiger partial charge in [-0.25, -0.2) is 0 Å². The summed E-state index contributed by atoms with van der Waals surface area (Å²) in [5, 5.41) is 5.25. The van der Waals surface area contributed by atoms with Crippen LogP contribution in [0.15, 0.2) is 18.2 Å². The second-order valence-corrected chi connectivity index (χ2v) is 4.99. The van der Waals surface area contributed by atoms with Crippen molar-refractivity contribution in [3.05, 3.63) is 29.3 Å². The van der Waals surface area contributed by atoms with Crippen molar-refractivity contribution >= 4 is 23.4 Å². The lowest BCUT2D eigenvalue weighted by Gasteiger charge is -2.17. The Balaban J connectivity index is 3.09. The SMILES string of the molecule is CCNc1c(C(=O)NCCSC)cccc1C(F)(F)F. The first-order valence-electron chi connectivity index (χ1n) is 6.13. The van der Waals surface area contributed by atoms with Gasteiger partial charge in [0.1, 0.15) is 0 Å². The number of alkyl halides is 3. The highest BCUT2D eigenvalue weighted by molar-refractivity contribution is 7.98. The number of carbonyl (C=O) groups is 1. The average Bonchev–Trinajstić information content (AvgIpc) is 2.38. The molecular weight excluding hydrogens is 289 g/mol. The summed E-state index contributed by atoms with van der Waals surface area (Å²) >= 11 is 1.55. The fraction of sp³-hybridized carbons (Fsp3) is 0.462. The molecule has 0 aliphatic rings. The first-order chi connectivity index (χ1) is 9.41. The van der Waals surface area contributed by atoms with Gasteiger partial charge in [0.2, 0.25) is 0 Å². The molecule has 3 nitrogen and oxygen atoms in total. The highest BCUT2D eigenvalue weighted by Crippen LogP contribution is 2.36. The summed E-state index contributed by atoms with van der Waals surface area (Å²) in [4.78, 5) is 12.0. The molecule has 0 saturated heterocycles. The van der Waals surface area contributed by atoms with Crippen molar-refractivity contribution in [2.75, 3.05) is 30.4 Å². The second kappa shape index (κ2) is 7.42. The largest absolute Gasteiger partial charge is 0.418 e. The number of anilines is 1. The van der Waals surface area contributed by atoms with Crippen LogP contribution in [0.1, 0.15) is 22.8 Å². The first-order valence-corrected chi connectivity index (χ1v) is 7.52. The van der Waals surface area contributed by atoms with Crippen LogP contribution in [0.3, 0.4) is 0 Å². The summed E-state index contributed by atoms with van der Waals surface area (Å²) < 4.78 is 38.8. The van der Waals surface area contributed by atoms with Crippen LogP contribution >= 0.6 is 11.8 Å². The maximum Gasteiger partial charge on any atom is 0.418 e. The molecule has 0 radical (unpaired) electrons. The van der Waals surface area contributed by atoms with Crippen LogP contribution in [0.5, 0.6) is 0 Å². The van der Waals surface area contributed by atoms with Crippen molar-refractivity contribution in [1.29, 1.82) is 0 Å². The van der Waals surface area contributed by atoms with E-state index in [0.717, 1.165) is 6.07 Å². The van der Waals surface area contributed by atoms with E-state index < -0.39 is 17.6 Å². The minimum Gasteiger partial charge on any atom is -0.384 e. The van der Waals surface area contributed by atoms with E-state index in [0.29, 0.717) is 18.8 Å². The third kappa shape index (κ3) is 4.33. The molecule has 0 aromatic heterocycles. The Hall–Kier alpha value is -1.37. The molecule has 0 atom stereocenters. The van der Waals surface area contributed by atoms with E-state index in [9.17, 15) is 18.0 Å². The van der Waals surface area contributed by atoms with E-state index in [2.05, 4.69) is 10.6 Å². The molecule has 7 heteroatoms. The normalized spacial score (nSPS) is 11.2. The van der Waals surface area contributed by atoms with Gasteiger partial charge in [0.25, 0.3) is 5.91 Å². The molecule has 1 aromatic rings. The van der Waals surface area contributed by atoms with Crippen LogP contribution in [-0.2, 0) is 6.18 Å². The monoisotopic (exact) mass is 306 g/mol. The van der Waals surface area contributed by atoms with Crippen LogP contribution in [0.25, 0.3) is 0 Å². The average molecular weight is 306 g/mol. The van der Waals surface area contributed by atoms with Gasteiger partial charge in [0.05, 0.1) is 16.8 Å². The number of thioether (sulfide) groups is 1. The minimum atomic E-state index is -4.49. The molecule has 1 aromatic carbocycles. The Morgan fingerprint density at radius 3 is 2.60 bits per heavy atom. The third-order valence-electron chi connectivity index (χ3n) is 2.56. The second-order valence-electron chi connectivity index (χ2n) is 4.00. The van der Waals surface area contributed by atoms with Crippen LogP contribution in [0, 0.1) is 0 Å². The van der Waals surface area contributed by atoms with Crippen LogP contribution in [0.4, 0.5) is 18.9 Å². The number of halogens is 3. The standard InChI is InChI=1S/C13H17F3N2OS/c1-3-17-11-9(12(19)18-7-8-20-2)5-4-6-10(11)13(14,15)16/h4-6,17H,3,7-8H2,1-2H3,(H,18,19). The Morgan fingerprint density at radius 2 is 2.05 bits per heavy atom. The number of nitrogens with one attached hydrogen (secondary N) is 2. The van der Waals surface area contributed by atoms with E-state index >= 15 is 0 Å². The van der Waals surface area contributed by atoms with E-state index in [4.69, 9.17) is 0 Å². The topological polar surface area (TPSA) is 41.1 Å². The minimum absolute atomic E-state index is 0.0165. The molecule has 0 saturated carbocycles. The van der Waals surface area contributed by atoms with Crippen LogP contribution in [-0.4, -0.2) is 31.0 Å². The zero-order valence-electron chi connectivity index (χ0n) is 11.3. The first kappa shape index (κ1) is 16.7. The summed E-state index contributed by atoms with van der Waals surface area (Å²) in [7, 11) is 0. The fourth-order valence-electron chi connectivity index (χ4n) is 1.71. The van der Waals surface area contributed by atoms with Crippen LogP contribution < -0.4 is 10.6 Å². The van der Waals surface area contributed by atoms with Gasteiger partial charge in [-0.15, -0.1) is 0 Å². The lowest BCUT2D eigenvalue weighted by Crippen LogP contribution is -2.27. The molecule has 0 aliphatic heterocycles. The highest BCUT2D eigenvalue weighted by Gasteiger charge is 2.35. The van der Waals surface area contributed by atoms with E-state index in [1.165, 1.54) is 12.1 Å². The quantitative estimate of drug-likeness (QED) is 0.793. The van der Waals surface area contributed by atoms with Crippen LogP contribution in [0.2, 0.25) is 0 Å². The lowest BCUT2D eigenvalue weighted by atomic mass is 10.1. The fourth-order valence-corrected chi connectivity index (χ4v) is 2.01. The molecule has 0 bridgehead atoms. The van der Waals surface area contributed by atoms with E-state index in [-0.39, 0.29) is 11.3 Å². The number of rotatable bonds is 6. The number of para-hydroxylation sites is 1. The van der Waals surface area contributed by atoms with Gasteiger partial charge < -0.3 is 10.6 Å². The lowest BCUT2D eigenvalue weighted by molar-refractivity contribution is -0.137. The molecule has 1 amide bonds. The maximum absolute atomic E-state index is 12.9. The number of hydrogen-bond acceptors (Lipinski definition) is 3. The van der Waals surface area contributed by atoms with E-state index in [1.807, 2.05) is 6.26 Å². The summed E-state index contributed by atoms with van der Waals surface area (Å²) in [6.07, 6.45) is -2.60. The summed E-state index contributed by atoms with van der Waals surface area (Å²) in [6, 6.07) is 3.60. The molecular formula is C13H17F3N2OS. The molecule has 1 rings (SSSR count). The van der Waals surface area contributed by atoms with Gasteiger partial charge in [-0.1, -0.05) is 6.07 Å². The molecule has 0 aliphatic carbocycles. The Morgan fingerprint density at radius 1 is 1.35 bits per heavy atom. The molecule has 0 unspecified atom stereocenters. The summed E-state index contributed by atoms with van der Waals surface area (Å²) in [6.45, 7) is 2.41. The van der Waals surface area contributed by atoms with Crippen molar-refractivity contribution in [2.45, 2.75) is 13.1 Å². The molecule has 0 fully saturated rings. The zero-order chi connectivity index (χ0) is 15.2. The van der Waals surface area contributed by atoms with Gasteiger partial charge in [0.15, 0.2) is 0 Å². The number of benzene rings is 1. The van der Waals surface area contributed by atoms with Gasteiger partial charge in [-0.05, 0) is 25.3 Å². The summed E-state index contributed by atoms with van der Waals surface area (Å²) in [5.41, 5.74) is -0.969. The van der Waals surface area contributed by atoms with Crippen molar-refractivity contribution in [3.63, 3.8) is 0 Å². The summed E-state index contributed by atoms with van der Waals surface area (Å²) in [5.74, 6) is 0.211. The van der Waals surface area contributed by atoms with E-state index in [1.54, 1.807) is 18.7 Å². The van der Waals surface area contributed by atoms with Gasteiger partial charge in [-0.2, -0.15) is 24.9 Å². The highest BCUT2D eigenvalue weighted by atomic mass is 32.2. The number of amides is 1. The molecule has 0 spiro atoms. The number of hydrogen-bond donors (Lipinski definition) is 2. The predicted octanol–water partition coefficient (Wildman–Crippen LogP) is 3.23. The van der Waals surface area contributed by atoms with Crippen molar-refractivity contribution in [3.8, 4) is 0 Å². The smallest absolute Gasteiger partial charge is 0.384 e. The Labute approximate surface area is 120 Å². The number of carbonyl (C=O) groups excluding carboxylic acids is 1. The Bertz CT molecular complexity index is 463. The molecule has 20 heavy (non-hydrogen) atoms. The molecule has 0 heterocycles. The van der Waals surface area contributed by atoms with Crippen molar-refractivity contribution in [1.82, 2.24) is 5.32 Å². The van der Waals surface area contributed by atoms with Gasteiger partial charge in [-0.3, -0.25) is 4.79 Å². The van der Waals surface area contributed by atoms with Gasteiger partial charge >= 0.3 is 6.18 Å². The molecule has 112 valence electrons.